The summed E-state index contributed by atoms with van der Waals surface area (Å²) in [6, 6.07) is 15.5. The number of anilines is 4. The predicted octanol–water partition coefficient (Wildman–Crippen LogP) is 5.16. The number of nitriles is 1. The van der Waals surface area contributed by atoms with Crippen molar-refractivity contribution < 1.29 is 13.2 Å². The van der Waals surface area contributed by atoms with E-state index >= 15 is 0 Å². The van der Waals surface area contributed by atoms with Crippen molar-refractivity contribution in [2.24, 2.45) is 0 Å². The minimum atomic E-state index is -4.65. The Morgan fingerprint density at radius 3 is 2.52 bits per heavy atom. The molecular weight excluding hydrogens is 355 g/mol. The maximum absolute atomic E-state index is 13.3. The highest BCUT2D eigenvalue weighted by Crippen LogP contribution is 2.35. The fourth-order valence-corrected chi connectivity index (χ4v) is 2.41. The molecule has 0 aliphatic carbocycles. The Hall–Kier alpha value is -3.60. The van der Waals surface area contributed by atoms with E-state index in [9.17, 15) is 13.2 Å². The molecule has 3 rings (SSSR count). The van der Waals surface area contributed by atoms with E-state index in [1.165, 1.54) is 12.1 Å². The van der Waals surface area contributed by atoms with Gasteiger partial charge in [-0.15, -0.1) is 0 Å². The van der Waals surface area contributed by atoms with E-state index in [0.717, 1.165) is 5.56 Å². The van der Waals surface area contributed by atoms with E-state index in [2.05, 4.69) is 20.6 Å². The third-order valence-electron chi connectivity index (χ3n) is 3.67. The molecule has 0 unspecified atom stereocenters. The summed E-state index contributed by atoms with van der Waals surface area (Å²) in [6.07, 6.45) is -3.94. The van der Waals surface area contributed by atoms with Crippen LogP contribution in [0.3, 0.4) is 0 Å². The van der Waals surface area contributed by atoms with E-state index in [1.807, 2.05) is 31.2 Å². The number of hydrogen-bond acceptors (Lipinski definition) is 5. The highest BCUT2D eigenvalue weighted by Gasteiger charge is 2.35. The number of halogens is 3. The zero-order chi connectivity index (χ0) is 19.4. The minimum Gasteiger partial charge on any atom is -0.338 e. The van der Waals surface area contributed by atoms with Crippen molar-refractivity contribution >= 4 is 23.1 Å². The van der Waals surface area contributed by atoms with E-state index in [-0.39, 0.29) is 17.2 Å². The third-order valence-corrected chi connectivity index (χ3v) is 3.67. The van der Waals surface area contributed by atoms with Gasteiger partial charge in [-0.1, -0.05) is 24.3 Å². The molecule has 2 N–H and O–H groups in total. The molecule has 0 amide bonds. The number of nitrogens with zero attached hydrogens (tertiary/aromatic N) is 3. The number of alkyl halides is 3. The van der Waals surface area contributed by atoms with Crippen LogP contribution < -0.4 is 10.6 Å². The molecule has 0 saturated heterocycles. The summed E-state index contributed by atoms with van der Waals surface area (Å²) >= 11 is 0. The molecule has 0 aliphatic rings. The van der Waals surface area contributed by atoms with E-state index < -0.39 is 17.6 Å². The number of rotatable bonds is 4. The number of hydrogen-bond donors (Lipinski definition) is 2. The quantitative estimate of drug-likeness (QED) is 0.664. The van der Waals surface area contributed by atoms with Crippen LogP contribution in [0.2, 0.25) is 0 Å². The lowest BCUT2D eigenvalue weighted by Crippen LogP contribution is -2.13. The van der Waals surface area contributed by atoms with Crippen molar-refractivity contribution in [2.75, 3.05) is 10.6 Å². The van der Waals surface area contributed by atoms with Crippen molar-refractivity contribution in [1.29, 1.82) is 5.26 Å². The lowest BCUT2D eigenvalue weighted by molar-refractivity contribution is -0.137. The zero-order valence-corrected chi connectivity index (χ0v) is 14.2. The summed E-state index contributed by atoms with van der Waals surface area (Å²) in [5.74, 6) is -0.430. The van der Waals surface area contributed by atoms with Gasteiger partial charge in [0.25, 0.3) is 0 Å². The Bertz CT molecular complexity index is 1010. The lowest BCUT2D eigenvalue weighted by atomic mass is 10.2. The summed E-state index contributed by atoms with van der Waals surface area (Å²) in [6.45, 7) is 1.89. The lowest BCUT2D eigenvalue weighted by Gasteiger charge is -2.15. The van der Waals surface area contributed by atoms with Gasteiger partial charge in [0, 0.05) is 11.9 Å². The van der Waals surface area contributed by atoms with Gasteiger partial charge in [-0.3, -0.25) is 0 Å². The third kappa shape index (κ3) is 4.33. The monoisotopic (exact) mass is 369 g/mol. The highest BCUT2D eigenvalue weighted by atomic mass is 19.4. The fraction of sp³-hybridized carbons (Fsp3) is 0.105. The number of nitrogens with one attached hydrogen (secondary N) is 2. The van der Waals surface area contributed by atoms with Gasteiger partial charge in [-0.05, 0) is 36.8 Å². The van der Waals surface area contributed by atoms with Gasteiger partial charge in [0.05, 0.1) is 11.3 Å². The number of aryl methyl sites for hydroxylation is 1. The largest absolute Gasteiger partial charge is 0.421 e. The first-order chi connectivity index (χ1) is 12.9. The molecule has 0 spiro atoms. The van der Waals surface area contributed by atoms with Crippen molar-refractivity contribution in [3.05, 3.63) is 71.4 Å². The van der Waals surface area contributed by atoms with Gasteiger partial charge in [0.2, 0.25) is 5.95 Å². The van der Waals surface area contributed by atoms with Crippen molar-refractivity contribution in [3.63, 3.8) is 0 Å². The molecule has 3 aromatic rings. The first-order valence-electron chi connectivity index (χ1n) is 7.91. The molecule has 0 atom stereocenters. The van der Waals surface area contributed by atoms with Crippen molar-refractivity contribution in [3.8, 4) is 6.07 Å². The average Bonchev–Trinajstić information content (AvgIpc) is 2.61. The molecule has 0 bridgehead atoms. The normalized spacial score (nSPS) is 10.9. The Balaban J connectivity index is 2.00. The van der Waals surface area contributed by atoms with E-state index in [4.69, 9.17) is 5.26 Å². The molecule has 136 valence electrons. The second-order valence-corrected chi connectivity index (χ2v) is 5.73. The predicted molar refractivity (Wildman–Crippen MR) is 95.9 cm³/mol. The number of para-hydroxylation sites is 1. The van der Waals surface area contributed by atoms with Crippen LogP contribution in [0.1, 0.15) is 16.7 Å². The molecule has 2 aromatic carbocycles. The van der Waals surface area contributed by atoms with Gasteiger partial charge in [-0.25, -0.2) is 4.98 Å². The van der Waals surface area contributed by atoms with Crippen LogP contribution in [0.5, 0.6) is 0 Å². The van der Waals surface area contributed by atoms with Crippen LogP contribution in [0, 0.1) is 18.3 Å². The molecule has 0 fully saturated rings. The minimum absolute atomic E-state index is 0.00513. The summed E-state index contributed by atoms with van der Waals surface area (Å²) < 4.78 is 40.0. The van der Waals surface area contributed by atoms with Crippen LogP contribution >= 0.6 is 0 Å². The molecule has 0 radical (unpaired) electrons. The summed E-state index contributed by atoms with van der Waals surface area (Å²) in [4.78, 5) is 7.74. The molecule has 1 heterocycles. The second kappa shape index (κ2) is 7.33. The van der Waals surface area contributed by atoms with Gasteiger partial charge >= 0.3 is 6.18 Å². The van der Waals surface area contributed by atoms with Gasteiger partial charge < -0.3 is 10.6 Å². The maximum atomic E-state index is 13.3. The Morgan fingerprint density at radius 2 is 1.81 bits per heavy atom. The van der Waals surface area contributed by atoms with Crippen molar-refractivity contribution in [2.45, 2.75) is 13.1 Å². The molecule has 0 aliphatic heterocycles. The summed E-state index contributed by atoms with van der Waals surface area (Å²) in [5, 5.41) is 14.6. The Kier molecular flexibility index (Phi) is 4.94. The molecule has 8 heteroatoms. The van der Waals surface area contributed by atoms with Gasteiger partial charge in [0.15, 0.2) is 0 Å². The molecule has 5 nitrogen and oxygen atoms in total. The summed E-state index contributed by atoms with van der Waals surface area (Å²) in [7, 11) is 0. The SMILES string of the molecule is Cc1cccc(Nc2ncc(C(F)(F)F)c(Nc3ccccc3C#N)n2)c1. The van der Waals surface area contributed by atoms with Crippen LogP contribution in [0.4, 0.5) is 36.3 Å². The van der Waals surface area contributed by atoms with Crippen LogP contribution in [0.15, 0.2) is 54.7 Å². The zero-order valence-electron chi connectivity index (χ0n) is 14.2. The standard InChI is InChI=1S/C19H14F3N5/c1-12-5-4-7-14(9-12)25-18-24-11-15(19(20,21)22)17(27-18)26-16-8-3-2-6-13(16)10-23/h2-9,11H,1H3,(H2,24,25,26,27). The molecule has 1 aromatic heterocycles. The number of benzene rings is 2. The Morgan fingerprint density at radius 1 is 1.04 bits per heavy atom. The van der Waals surface area contributed by atoms with E-state index in [1.54, 1.807) is 18.2 Å². The first kappa shape index (κ1) is 18.2. The molecule has 0 saturated carbocycles. The van der Waals surface area contributed by atoms with E-state index in [0.29, 0.717) is 11.9 Å². The second-order valence-electron chi connectivity index (χ2n) is 5.73. The topological polar surface area (TPSA) is 73.6 Å². The van der Waals surface area contributed by atoms with Crippen molar-refractivity contribution in [1.82, 2.24) is 9.97 Å². The first-order valence-corrected chi connectivity index (χ1v) is 7.91. The Labute approximate surface area is 153 Å². The molecular formula is C19H14F3N5. The summed E-state index contributed by atoms with van der Waals surface area (Å²) in [5.41, 5.74) is 1.04. The van der Waals surface area contributed by atoms with Gasteiger partial charge in [0.1, 0.15) is 17.5 Å². The number of aromatic nitrogens is 2. The maximum Gasteiger partial charge on any atom is 0.421 e. The smallest absolute Gasteiger partial charge is 0.338 e. The highest BCUT2D eigenvalue weighted by molar-refractivity contribution is 5.67. The van der Waals surface area contributed by atoms with Gasteiger partial charge in [-0.2, -0.15) is 23.4 Å². The fourth-order valence-electron chi connectivity index (χ4n) is 2.41. The molecule has 27 heavy (non-hydrogen) atoms. The van der Waals surface area contributed by atoms with Crippen LogP contribution in [-0.4, -0.2) is 9.97 Å². The van der Waals surface area contributed by atoms with Crippen LogP contribution in [0.25, 0.3) is 0 Å². The average molecular weight is 369 g/mol. The van der Waals surface area contributed by atoms with Crippen LogP contribution in [-0.2, 0) is 6.18 Å².